The third-order valence-corrected chi connectivity index (χ3v) is 6.66. The molecule has 0 aliphatic heterocycles. The van der Waals surface area contributed by atoms with Crippen LogP contribution in [0.1, 0.15) is 33.9 Å². The van der Waals surface area contributed by atoms with Crippen molar-refractivity contribution >= 4 is 38.9 Å². The summed E-state index contributed by atoms with van der Waals surface area (Å²) >= 11 is 1.14. The fourth-order valence-electron chi connectivity index (χ4n) is 2.36. The molecule has 140 valence electrons. The molecule has 1 aromatic carbocycles. The molecule has 0 saturated carbocycles. The van der Waals surface area contributed by atoms with Crippen LogP contribution in [-0.4, -0.2) is 44.8 Å². The molecule has 0 unspecified atom stereocenters. The average molecular weight is 396 g/mol. The standard InChI is InChI=1S/C17H20N2O5S2/c1-4-19(5-2)26(22,23)13-8-6-7-12(11-13)16(20)18-14-9-10-25-15(14)17(21)24-3/h6-11H,4-5H2,1-3H3,(H,18,20). The van der Waals surface area contributed by atoms with Crippen LogP contribution >= 0.6 is 11.3 Å². The first-order chi connectivity index (χ1) is 12.3. The Hall–Kier alpha value is -2.23. The van der Waals surface area contributed by atoms with Crippen LogP contribution in [0.3, 0.4) is 0 Å². The van der Waals surface area contributed by atoms with Gasteiger partial charge in [0, 0.05) is 18.7 Å². The summed E-state index contributed by atoms with van der Waals surface area (Å²) in [5, 5.41) is 4.28. The Kier molecular flexibility index (Phi) is 6.52. The van der Waals surface area contributed by atoms with Crippen molar-refractivity contribution in [2.45, 2.75) is 18.7 Å². The molecule has 0 radical (unpaired) electrons. The van der Waals surface area contributed by atoms with E-state index in [1.165, 1.54) is 35.7 Å². The second-order valence-corrected chi connectivity index (χ2v) is 8.08. The quantitative estimate of drug-likeness (QED) is 0.727. The number of anilines is 1. The first kappa shape index (κ1) is 20.1. The van der Waals surface area contributed by atoms with E-state index in [1.807, 2.05) is 0 Å². The van der Waals surface area contributed by atoms with Gasteiger partial charge >= 0.3 is 5.97 Å². The van der Waals surface area contributed by atoms with Gasteiger partial charge in [-0.3, -0.25) is 4.79 Å². The molecule has 9 heteroatoms. The summed E-state index contributed by atoms with van der Waals surface area (Å²) < 4.78 is 31.2. The molecule has 7 nitrogen and oxygen atoms in total. The molecule has 2 rings (SSSR count). The molecular formula is C17H20N2O5S2. The van der Waals surface area contributed by atoms with E-state index >= 15 is 0 Å². The van der Waals surface area contributed by atoms with Gasteiger partial charge in [-0.25, -0.2) is 13.2 Å². The third kappa shape index (κ3) is 4.12. The summed E-state index contributed by atoms with van der Waals surface area (Å²) in [4.78, 5) is 24.5. The van der Waals surface area contributed by atoms with E-state index in [4.69, 9.17) is 0 Å². The van der Waals surface area contributed by atoms with Crippen molar-refractivity contribution in [3.05, 3.63) is 46.2 Å². The van der Waals surface area contributed by atoms with Crippen molar-refractivity contribution in [2.75, 3.05) is 25.5 Å². The first-order valence-corrected chi connectivity index (χ1v) is 10.2. The number of sulfonamides is 1. The van der Waals surface area contributed by atoms with Crippen LogP contribution < -0.4 is 5.32 Å². The van der Waals surface area contributed by atoms with E-state index in [-0.39, 0.29) is 15.3 Å². The van der Waals surface area contributed by atoms with Crippen LogP contribution in [0, 0.1) is 0 Å². The minimum absolute atomic E-state index is 0.0485. The molecule has 0 fully saturated rings. The van der Waals surface area contributed by atoms with E-state index in [2.05, 4.69) is 10.1 Å². The number of carbonyl (C=O) groups is 2. The number of hydrogen-bond donors (Lipinski definition) is 1. The van der Waals surface area contributed by atoms with Gasteiger partial charge in [0.2, 0.25) is 10.0 Å². The van der Waals surface area contributed by atoms with Gasteiger partial charge in [-0.05, 0) is 29.6 Å². The molecule has 0 atom stereocenters. The number of nitrogens with one attached hydrogen (secondary N) is 1. The number of hydrogen-bond acceptors (Lipinski definition) is 6. The molecule has 0 aliphatic rings. The van der Waals surface area contributed by atoms with Gasteiger partial charge in [-0.2, -0.15) is 4.31 Å². The Labute approximate surface area is 156 Å². The zero-order valence-corrected chi connectivity index (χ0v) is 16.3. The monoisotopic (exact) mass is 396 g/mol. The molecule has 1 amide bonds. The van der Waals surface area contributed by atoms with Gasteiger partial charge in [0.1, 0.15) is 4.88 Å². The number of thiophene rings is 1. The molecular weight excluding hydrogens is 376 g/mol. The van der Waals surface area contributed by atoms with Gasteiger partial charge in [0.25, 0.3) is 5.91 Å². The lowest BCUT2D eigenvalue weighted by molar-refractivity contribution is 0.0607. The van der Waals surface area contributed by atoms with Gasteiger partial charge in [0.15, 0.2) is 0 Å². The summed E-state index contributed by atoms with van der Waals surface area (Å²) in [5.41, 5.74) is 0.504. The van der Waals surface area contributed by atoms with Crippen molar-refractivity contribution in [3.8, 4) is 0 Å². The number of benzene rings is 1. The fraction of sp³-hybridized carbons (Fsp3) is 0.294. The van der Waals surface area contributed by atoms with Crippen LogP contribution in [0.5, 0.6) is 0 Å². The number of nitrogens with zero attached hydrogens (tertiary/aromatic N) is 1. The van der Waals surface area contributed by atoms with Crippen LogP contribution in [0.15, 0.2) is 40.6 Å². The van der Waals surface area contributed by atoms with Crippen LogP contribution in [0.4, 0.5) is 5.69 Å². The van der Waals surface area contributed by atoms with E-state index in [9.17, 15) is 18.0 Å². The van der Waals surface area contributed by atoms with Gasteiger partial charge in [0.05, 0.1) is 17.7 Å². The van der Waals surface area contributed by atoms with Crippen molar-refractivity contribution in [3.63, 3.8) is 0 Å². The van der Waals surface area contributed by atoms with E-state index < -0.39 is 21.9 Å². The minimum Gasteiger partial charge on any atom is -0.465 e. The molecule has 26 heavy (non-hydrogen) atoms. The molecule has 0 saturated heterocycles. The lowest BCUT2D eigenvalue weighted by Crippen LogP contribution is -2.30. The first-order valence-electron chi connectivity index (χ1n) is 7.92. The Bertz CT molecular complexity index is 901. The lowest BCUT2D eigenvalue weighted by Gasteiger charge is -2.18. The van der Waals surface area contributed by atoms with Gasteiger partial charge in [-0.15, -0.1) is 11.3 Å². The number of methoxy groups -OCH3 is 1. The zero-order chi connectivity index (χ0) is 19.3. The SMILES string of the molecule is CCN(CC)S(=O)(=O)c1cccc(C(=O)Nc2ccsc2C(=O)OC)c1. The third-order valence-electron chi connectivity index (χ3n) is 3.72. The number of esters is 1. The number of amides is 1. The topological polar surface area (TPSA) is 92.8 Å². The largest absolute Gasteiger partial charge is 0.465 e. The highest BCUT2D eigenvalue weighted by molar-refractivity contribution is 7.89. The summed E-state index contributed by atoms with van der Waals surface area (Å²) in [6.45, 7) is 4.18. The van der Waals surface area contributed by atoms with E-state index in [0.29, 0.717) is 18.8 Å². The van der Waals surface area contributed by atoms with Crippen LogP contribution in [-0.2, 0) is 14.8 Å². The van der Waals surface area contributed by atoms with E-state index in [1.54, 1.807) is 25.3 Å². The lowest BCUT2D eigenvalue weighted by atomic mass is 10.2. The van der Waals surface area contributed by atoms with Gasteiger partial charge in [-0.1, -0.05) is 19.9 Å². The molecule has 0 spiro atoms. The molecule has 0 bridgehead atoms. The molecule has 1 heterocycles. The second kappa shape index (κ2) is 8.43. The summed E-state index contributed by atoms with van der Waals surface area (Å²) in [7, 11) is -2.40. The fourth-order valence-corrected chi connectivity index (χ4v) is 4.63. The van der Waals surface area contributed by atoms with Crippen molar-refractivity contribution < 1.29 is 22.7 Å². The van der Waals surface area contributed by atoms with Gasteiger partial charge < -0.3 is 10.1 Å². The predicted octanol–water partition coefficient (Wildman–Crippen LogP) is 2.82. The summed E-state index contributed by atoms with van der Waals surface area (Å²) in [6.07, 6.45) is 0. The summed E-state index contributed by atoms with van der Waals surface area (Å²) in [5.74, 6) is -1.06. The molecule has 1 N–H and O–H groups in total. The van der Waals surface area contributed by atoms with Crippen LogP contribution in [0.2, 0.25) is 0 Å². The highest BCUT2D eigenvalue weighted by Crippen LogP contribution is 2.24. The smallest absolute Gasteiger partial charge is 0.350 e. The van der Waals surface area contributed by atoms with Crippen molar-refractivity contribution in [1.82, 2.24) is 4.31 Å². The maximum absolute atomic E-state index is 12.6. The van der Waals surface area contributed by atoms with Crippen molar-refractivity contribution in [1.29, 1.82) is 0 Å². The molecule has 2 aromatic rings. The summed E-state index contributed by atoms with van der Waals surface area (Å²) in [6, 6.07) is 7.40. The average Bonchev–Trinajstić information content (AvgIpc) is 3.10. The Balaban J connectivity index is 2.29. The van der Waals surface area contributed by atoms with E-state index in [0.717, 1.165) is 11.3 Å². The Morgan fingerprint density at radius 1 is 1.19 bits per heavy atom. The number of carbonyl (C=O) groups excluding carboxylic acids is 2. The highest BCUT2D eigenvalue weighted by Gasteiger charge is 2.23. The zero-order valence-electron chi connectivity index (χ0n) is 14.7. The molecule has 0 aliphatic carbocycles. The molecule has 1 aromatic heterocycles. The normalized spacial score (nSPS) is 11.4. The number of ether oxygens (including phenoxy) is 1. The maximum atomic E-state index is 12.6. The highest BCUT2D eigenvalue weighted by atomic mass is 32.2. The second-order valence-electron chi connectivity index (χ2n) is 5.23. The predicted molar refractivity (Wildman–Crippen MR) is 100 cm³/mol. The van der Waals surface area contributed by atoms with Crippen LogP contribution in [0.25, 0.3) is 0 Å². The number of rotatable bonds is 7. The minimum atomic E-state index is -3.66. The Morgan fingerprint density at radius 2 is 1.88 bits per heavy atom. The Morgan fingerprint density at radius 3 is 2.50 bits per heavy atom. The van der Waals surface area contributed by atoms with Crippen molar-refractivity contribution in [2.24, 2.45) is 0 Å². The maximum Gasteiger partial charge on any atom is 0.350 e.